The zero-order valence-corrected chi connectivity index (χ0v) is 11.3. The lowest BCUT2D eigenvalue weighted by Gasteiger charge is -2.07. The molecule has 0 fully saturated rings. The molecule has 1 aromatic heterocycles. The summed E-state index contributed by atoms with van der Waals surface area (Å²) in [5.41, 5.74) is 0. The fourth-order valence-electron chi connectivity index (χ4n) is 1.76. The van der Waals surface area contributed by atoms with Crippen LogP contribution in [0.5, 0.6) is 10.9 Å². The summed E-state index contributed by atoms with van der Waals surface area (Å²) in [6.07, 6.45) is 0. The van der Waals surface area contributed by atoms with Crippen LogP contribution in [0.2, 0.25) is 5.02 Å². The van der Waals surface area contributed by atoms with Gasteiger partial charge >= 0.3 is 0 Å². The van der Waals surface area contributed by atoms with Gasteiger partial charge in [-0.2, -0.15) is 0 Å². The number of ether oxygens (including phenoxy) is 1. The summed E-state index contributed by atoms with van der Waals surface area (Å²) < 4.78 is 5.70. The van der Waals surface area contributed by atoms with Crippen LogP contribution in [-0.2, 0) is 6.61 Å². The molecule has 0 saturated heterocycles. The molecule has 1 N–H and O–H groups in total. The number of aliphatic hydroxyl groups excluding tert-OH is 1. The number of hydrogen-bond donors (Lipinski definition) is 1. The van der Waals surface area contributed by atoms with Crippen molar-refractivity contribution in [1.29, 1.82) is 0 Å². The summed E-state index contributed by atoms with van der Waals surface area (Å²) in [5.74, 6) is 0.667. The lowest BCUT2D eigenvalue weighted by molar-refractivity contribution is 0.280. The Kier molecular flexibility index (Phi) is 3.33. The standard InChI is InChI=1S/C13H9ClN2O2S/c14-10-5-6-11(9-4-2-1-3-8(9)10)18-13-16-15-12(7-17)19-13/h1-6,17H,7H2. The molecule has 2 aromatic carbocycles. The first-order valence-electron chi connectivity index (χ1n) is 5.56. The quantitative estimate of drug-likeness (QED) is 0.801. The third-order valence-corrected chi connectivity index (χ3v) is 3.73. The van der Waals surface area contributed by atoms with Gasteiger partial charge in [-0.05, 0) is 12.1 Å². The molecule has 0 saturated carbocycles. The van der Waals surface area contributed by atoms with Crippen molar-refractivity contribution in [3.05, 3.63) is 46.4 Å². The number of hydrogen-bond acceptors (Lipinski definition) is 5. The van der Waals surface area contributed by atoms with Crippen molar-refractivity contribution in [3.8, 4) is 10.9 Å². The van der Waals surface area contributed by atoms with Crippen molar-refractivity contribution in [2.24, 2.45) is 0 Å². The molecule has 0 aliphatic rings. The number of fused-ring (bicyclic) bond motifs is 1. The van der Waals surface area contributed by atoms with Gasteiger partial charge in [0.1, 0.15) is 10.8 Å². The minimum atomic E-state index is -0.137. The maximum absolute atomic E-state index is 8.96. The number of nitrogens with zero attached hydrogens (tertiary/aromatic N) is 2. The van der Waals surface area contributed by atoms with E-state index in [1.807, 2.05) is 24.3 Å². The van der Waals surface area contributed by atoms with Crippen LogP contribution < -0.4 is 4.74 Å². The molecule has 0 bridgehead atoms. The van der Waals surface area contributed by atoms with E-state index in [0.717, 1.165) is 10.8 Å². The van der Waals surface area contributed by atoms with Crippen molar-refractivity contribution < 1.29 is 9.84 Å². The van der Waals surface area contributed by atoms with Crippen LogP contribution in [0.15, 0.2) is 36.4 Å². The van der Waals surface area contributed by atoms with Gasteiger partial charge in [-0.15, -0.1) is 5.10 Å². The molecule has 0 amide bonds. The molecule has 0 atom stereocenters. The molecular weight excluding hydrogens is 284 g/mol. The fraction of sp³-hybridized carbons (Fsp3) is 0.0769. The van der Waals surface area contributed by atoms with Gasteiger partial charge in [-0.3, -0.25) is 0 Å². The Bertz CT molecular complexity index is 729. The summed E-state index contributed by atoms with van der Waals surface area (Å²) in [6, 6.07) is 11.3. The Morgan fingerprint density at radius 2 is 1.89 bits per heavy atom. The van der Waals surface area contributed by atoms with E-state index in [9.17, 15) is 0 Å². The second-order valence-corrected chi connectivity index (χ2v) is 5.24. The van der Waals surface area contributed by atoms with Gasteiger partial charge in [0.25, 0.3) is 5.19 Å². The van der Waals surface area contributed by atoms with Crippen molar-refractivity contribution in [3.63, 3.8) is 0 Å². The first-order valence-corrected chi connectivity index (χ1v) is 6.75. The Hall–Kier alpha value is -1.69. The summed E-state index contributed by atoms with van der Waals surface area (Å²) >= 11 is 7.36. The highest BCUT2D eigenvalue weighted by molar-refractivity contribution is 7.13. The molecule has 3 aromatic rings. The predicted octanol–water partition coefficient (Wildman–Crippen LogP) is 3.63. The summed E-state index contributed by atoms with van der Waals surface area (Å²) in [7, 11) is 0. The van der Waals surface area contributed by atoms with E-state index in [-0.39, 0.29) is 6.61 Å². The van der Waals surface area contributed by atoms with Crippen molar-refractivity contribution in [2.75, 3.05) is 0 Å². The van der Waals surface area contributed by atoms with Crippen LogP contribution in [-0.4, -0.2) is 15.3 Å². The Morgan fingerprint density at radius 3 is 2.63 bits per heavy atom. The van der Waals surface area contributed by atoms with Gasteiger partial charge < -0.3 is 9.84 Å². The largest absolute Gasteiger partial charge is 0.429 e. The van der Waals surface area contributed by atoms with Gasteiger partial charge in [-0.25, -0.2) is 0 Å². The molecule has 1 heterocycles. The summed E-state index contributed by atoms with van der Waals surface area (Å²) in [5, 5.41) is 20.1. The lowest BCUT2D eigenvalue weighted by Crippen LogP contribution is -1.86. The Labute approximate surface area is 118 Å². The molecule has 6 heteroatoms. The molecule has 0 spiro atoms. The van der Waals surface area contributed by atoms with Gasteiger partial charge in [0.2, 0.25) is 0 Å². The first-order chi connectivity index (χ1) is 9.28. The third kappa shape index (κ3) is 2.40. The number of rotatable bonds is 3. The van der Waals surface area contributed by atoms with Gasteiger partial charge in [0.05, 0.1) is 6.61 Å². The average molecular weight is 293 g/mol. The van der Waals surface area contributed by atoms with E-state index in [1.54, 1.807) is 12.1 Å². The van der Waals surface area contributed by atoms with Crippen LogP contribution in [0.3, 0.4) is 0 Å². The van der Waals surface area contributed by atoms with E-state index in [0.29, 0.717) is 21.0 Å². The monoisotopic (exact) mass is 292 g/mol. The maximum Gasteiger partial charge on any atom is 0.299 e. The summed E-state index contributed by atoms with van der Waals surface area (Å²) in [4.78, 5) is 0. The smallest absolute Gasteiger partial charge is 0.299 e. The fourth-order valence-corrected chi connectivity index (χ4v) is 2.55. The summed E-state index contributed by atoms with van der Waals surface area (Å²) in [6.45, 7) is -0.137. The molecule has 0 unspecified atom stereocenters. The second kappa shape index (κ2) is 5.13. The zero-order chi connectivity index (χ0) is 13.2. The highest BCUT2D eigenvalue weighted by Gasteiger charge is 2.09. The van der Waals surface area contributed by atoms with Crippen LogP contribution in [0, 0.1) is 0 Å². The number of aromatic nitrogens is 2. The van der Waals surface area contributed by atoms with Gasteiger partial charge in [-0.1, -0.05) is 52.3 Å². The Morgan fingerprint density at radius 1 is 1.11 bits per heavy atom. The SMILES string of the molecule is OCc1nnc(Oc2ccc(Cl)c3ccccc23)s1. The number of aliphatic hydroxyl groups is 1. The molecule has 19 heavy (non-hydrogen) atoms. The maximum atomic E-state index is 8.96. The van der Waals surface area contributed by atoms with Crippen LogP contribution in [0.1, 0.15) is 5.01 Å². The molecule has 3 rings (SSSR count). The molecule has 4 nitrogen and oxygen atoms in total. The van der Waals surface area contributed by atoms with E-state index < -0.39 is 0 Å². The zero-order valence-electron chi connectivity index (χ0n) is 9.71. The van der Waals surface area contributed by atoms with E-state index in [2.05, 4.69) is 10.2 Å². The number of benzene rings is 2. The second-order valence-electron chi connectivity index (χ2n) is 3.81. The van der Waals surface area contributed by atoms with Crippen LogP contribution >= 0.6 is 22.9 Å². The van der Waals surface area contributed by atoms with E-state index >= 15 is 0 Å². The molecule has 0 aliphatic heterocycles. The highest BCUT2D eigenvalue weighted by Crippen LogP contribution is 2.34. The van der Waals surface area contributed by atoms with Gasteiger partial charge in [0, 0.05) is 15.8 Å². The molecule has 0 radical (unpaired) electrons. The lowest BCUT2D eigenvalue weighted by atomic mass is 10.1. The average Bonchev–Trinajstić information content (AvgIpc) is 2.90. The topological polar surface area (TPSA) is 55.2 Å². The number of halogens is 1. The highest BCUT2D eigenvalue weighted by atomic mass is 35.5. The Balaban J connectivity index is 2.03. The van der Waals surface area contributed by atoms with Gasteiger partial charge in [0.15, 0.2) is 0 Å². The molecule has 0 aliphatic carbocycles. The normalized spacial score (nSPS) is 10.8. The van der Waals surface area contributed by atoms with Crippen LogP contribution in [0.25, 0.3) is 10.8 Å². The van der Waals surface area contributed by atoms with Crippen LogP contribution in [0.4, 0.5) is 0 Å². The van der Waals surface area contributed by atoms with Crippen molar-refractivity contribution >= 4 is 33.7 Å². The molecule has 96 valence electrons. The van der Waals surface area contributed by atoms with Crippen molar-refractivity contribution in [1.82, 2.24) is 10.2 Å². The predicted molar refractivity (Wildman–Crippen MR) is 74.9 cm³/mol. The van der Waals surface area contributed by atoms with E-state index in [4.69, 9.17) is 21.4 Å². The van der Waals surface area contributed by atoms with Crippen molar-refractivity contribution in [2.45, 2.75) is 6.61 Å². The minimum absolute atomic E-state index is 0.137. The molecular formula is C13H9ClN2O2S. The first kappa shape index (κ1) is 12.3. The van der Waals surface area contributed by atoms with E-state index in [1.165, 1.54) is 11.3 Å². The third-order valence-electron chi connectivity index (χ3n) is 2.61. The minimum Gasteiger partial charge on any atom is -0.429 e.